The highest BCUT2D eigenvalue weighted by molar-refractivity contribution is 7.47. The lowest BCUT2D eigenvalue weighted by Crippen LogP contribution is -2.30. The van der Waals surface area contributed by atoms with Gasteiger partial charge in [-0.05, 0) is 37.5 Å². The molecule has 0 rings (SSSR count). The molecule has 0 saturated carbocycles. The molecule has 0 radical (unpaired) electrons. The lowest BCUT2D eigenvalue weighted by atomic mass is 10.0. The van der Waals surface area contributed by atoms with Gasteiger partial charge in [0.25, 0.3) is 0 Å². The van der Waals surface area contributed by atoms with E-state index in [1.165, 1.54) is 141 Å². The van der Waals surface area contributed by atoms with Gasteiger partial charge < -0.3 is 33.8 Å². The Balaban J connectivity index is 5.19. The molecule has 3 N–H and O–H groups in total. The minimum absolute atomic E-state index is 0.101. The predicted octanol–water partition coefficient (Wildman–Crippen LogP) is 18.4. The number of phosphoric ester groups is 2. The number of rotatable bonds is 65. The van der Waals surface area contributed by atoms with Crippen LogP contribution < -0.4 is 0 Å². The number of ether oxygens (including phenoxy) is 4. The van der Waals surface area contributed by atoms with E-state index in [0.29, 0.717) is 37.5 Å². The summed E-state index contributed by atoms with van der Waals surface area (Å²) in [7, 11) is -9.89. The van der Waals surface area contributed by atoms with Gasteiger partial charge in [0.2, 0.25) is 0 Å². The molecule has 0 heterocycles. The van der Waals surface area contributed by atoms with Crippen LogP contribution in [0, 0.1) is 11.8 Å². The molecule has 0 aromatic heterocycles. The first kappa shape index (κ1) is 83.1. The molecule has 0 aromatic carbocycles. The number of esters is 4. The third-order valence-corrected chi connectivity index (χ3v) is 17.1. The molecular weight excluding hydrogens is 1130 g/mol. The zero-order valence-corrected chi connectivity index (χ0v) is 56.7. The molecule has 0 saturated heterocycles. The van der Waals surface area contributed by atoms with E-state index in [9.17, 15) is 43.2 Å². The summed E-state index contributed by atoms with van der Waals surface area (Å²) >= 11 is 0. The maximum absolute atomic E-state index is 13.0. The summed E-state index contributed by atoms with van der Waals surface area (Å²) in [6, 6.07) is 0. The van der Waals surface area contributed by atoms with Crippen molar-refractivity contribution in [2.45, 2.75) is 349 Å². The van der Waals surface area contributed by atoms with E-state index in [-0.39, 0.29) is 25.7 Å². The second-order valence-corrected chi connectivity index (χ2v) is 27.7. The molecule has 85 heavy (non-hydrogen) atoms. The summed E-state index contributed by atoms with van der Waals surface area (Å²) in [4.78, 5) is 72.2. The summed E-state index contributed by atoms with van der Waals surface area (Å²) < 4.78 is 68.0. The average Bonchev–Trinajstić information content (AvgIpc) is 3.46. The zero-order chi connectivity index (χ0) is 62.9. The number of phosphoric acid groups is 2. The predicted molar refractivity (Wildman–Crippen MR) is 340 cm³/mol. The third-order valence-electron chi connectivity index (χ3n) is 15.2. The Hall–Kier alpha value is -1.94. The first-order chi connectivity index (χ1) is 40.9. The highest BCUT2D eigenvalue weighted by Gasteiger charge is 2.30. The Morgan fingerprint density at radius 2 is 0.541 bits per heavy atom. The SMILES string of the molecule is CCCCCCCCCCCCCCCCCCCC(=O)O[C@H](COC(=O)CCCCCCCCCCCC)COP(=O)(O)OC[C@@H](O)COP(=O)(O)OC[C@@H](COC(=O)CCCCCCCCC(C)C)OC(=O)CCCCCCCCC(C)C. The van der Waals surface area contributed by atoms with Crippen molar-refractivity contribution in [1.29, 1.82) is 0 Å². The van der Waals surface area contributed by atoms with Crippen LogP contribution in [0.25, 0.3) is 0 Å². The lowest BCUT2D eigenvalue weighted by molar-refractivity contribution is -0.161. The fourth-order valence-electron chi connectivity index (χ4n) is 9.88. The van der Waals surface area contributed by atoms with Crippen LogP contribution in [0.4, 0.5) is 0 Å². The van der Waals surface area contributed by atoms with Crippen molar-refractivity contribution < 1.29 is 80.2 Å². The lowest BCUT2D eigenvalue weighted by Gasteiger charge is -2.21. The molecule has 0 aliphatic rings. The number of carbonyl (C=O) groups is 4. The van der Waals surface area contributed by atoms with Crippen LogP contribution in [0.5, 0.6) is 0 Å². The molecule has 504 valence electrons. The van der Waals surface area contributed by atoms with E-state index < -0.39 is 97.5 Å². The van der Waals surface area contributed by atoms with Crippen LogP contribution in [0.3, 0.4) is 0 Å². The van der Waals surface area contributed by atoms with E-state index in [1.54, 1.807) is 0 Å². The normalized spacial score (nSPS) is 14.2. The Morgan fingerprint density at radius 1 is 0.318 bits per heavy atom. The smallest absolute Gasteiger partial charge is 0.462 e. The maximum Gasteiger partial charge on any atom is 0.472 e. The molecule has 0 aliphatic heterocycles. The molecule has 0 bridgehead atoms. The van der Waals surface area contributed by atoms with Crippen molar-refractivity contribution in [2.24, 2.45) is 11.8 Å². The first-order valence-electron chi connectivity index (χ1n) is 34.5. The summed E-state index contributed by atoms with van der Waals surface area (Å²) in [5.74, 6) is -0.788. The van der Waals surface area contributed by atoms with Gasteiger partial charge >= 0.3 is 39.5 Å². The van der Waals surface area contributed by atoms with E-state index >= 15 is 0 Å². The van der Waals surface area contributed by atoms with Gasteiger partial charge in [-0.15, -0.1) is 0 Å². The maximum atomic E-state index is 13.0. The molecule has 0 fully saturated rings. The number of aliphatic hydroxyl groups excluding tert-OH is 1. The second kappa shape index (κ2) is 58.4. The Bertz CT molecular complexity index is 1670. The van der Waals surface area contributed by atoms with E-state index in [2.05, 4.69) is 41.5 Å². The van der Waals surface area contributed by atoms with Crippen molar-refractivity contribution in [3.63, 3.8) is 0 Å². The average molecular weight is 1260 g/mol. The number of aliphatic hydroxyl groups is 1. The van der Waals surface area contributed by atoms with E-state index in [1.807, 2.05) is 0 Å². The van der Waals surface area contributed by atoms with Gasteiger partial charge in [0.15, 0.2) is 12.2 Å². The fourth-order valence-corrected chi connectivity index (χ4v) is 11.5. The molecule has 19 heteroatoms. The molecule has 0 spiro atoms. The summed E-state index contributed by atoms with van der Waals surface area (Å²) in [5, 5.41) is 10.5. The van der Waals surface area contributed by atoms with Crippen molar-refractivity contribution in [1.82, 2.24) is 0 Å². The summed E-state index contributed by atoms with van der Waals surface area (Å²) in [6.07, 6.45) is 42.0. The Morgan fingerprint density at radius 3 is 0.800 bits per heavy atom. The van der Waals surface area contributed by atoms with Crippen LogP contribution in [-0.2, 0) is 65.4 Å². The molecule has 17 nitrogen and oxygen atoms in total. The third kappa shape index (κ3) is 60.7. The Labute approximate surface area is 517 Å². The van der Waals surface area contributed by atoms with Gasteiger partial charge in [-0.3, -0.25) is 37.3 Å². The number of hydrogen-bond acceptors (Lipinski definition) is 15. The Kier molecular flexibility index (Phi) is 57.1. The fraction of sp³-hybridized carbons (Fsp3) is 0.939. The first-order valence-corrected chi connectivity index (χ1v) is 37.5. The molecule has 2 unspecified atom stereocenters. The van der Waals surface area contributed by atoms with Crippen LogP contribution in [0.2, 0.25) is 0 Å². The van der Waals surface area contributed by atoms with Gasteiger partial charge in [-0.2, -0.15) is 0 Å². The number of carbonyl (C=O) groups excluding carboxylic acids is 4. The molecule has 5 atom stereocenters. The molecule has 0 amide bonds. The van der Waals surface area contributed by atoms with Gasteiger partial charge in [0, 0.05) is 25.7 Å². The summed E-state index contributed by atoms with van der Waals surface area (Å²) in [5.41, 5.74) is 0. The van der Waals surface area contributed by atoms with Crippen molar-refractivity contribution >= 4 is 39.5 Å². The minimum atomic E-state index is -4.95. The van der Waals surface area contributed by atoms with Crippen molar-refractivity contribution in [3.8, 4) is 0 Å². The van der Waals surface area contributed by atoms with Gasteiger partial charge in [-0.25, -0.2) is 9.13 Å². The van der Waals surface area contributed by atoms with Crippen LogP contribution in [0.15, 0.2) is 0 Å². The van der Waals surface area contributed by atoms with Gasteiger partial charge in [-0.1, -0.05) is 279 Å². The van der Waals surface area contributed by atoms with Crippen LogP contribution in [-0.4, -0.2) is 96.7 Å². The van der Waals surface area contributed by atoms with E-state index in [0.717, 1.165) is 96.3 Å². The largest absolute Gasteiger partial charge is 0.472 e. The van der Waals surface area contributed by atoms with Crippen molar-refractivity contribution in [2.75, 3.05) is 39.6 Å². The monoisotopic (exact) mass is 1250 g/mol. The van der Waals surface area contributed by atoms with Gasteiger partial charge in [0.05, 0.1) is 26.4 Å². The minimum Gasteiger partial charge on any atom is -0.462 e. The highest BCUT2D eigenvalue weighted by atomic mass is 31.2. The quantitative estimate of drug-likeness (QED) is 0.0222. The van der Waals surface area contributed by atoms with Crippen LogP contribution >= 0.6 is 15.6 Å². The molecule has 0 aliphatic carbocycles. The zero-order valence-electron chi connectivity index (χ0n) is 54.9. The topological polar surface area (TPSA) is 237 Å². The standard InChI is InChI=1S/C66H128O17P2/c1-7-9-11-13-15-17-19-20-21-22-23-24-25-27-29-38-44-50-65(70)82-61(54-76-63(68)48-42-36-28-26-18-16-14-12-10-8-2)56-80-84(72,73)78-52-60(67)53-79-85(74,75)81-57-62(83-66(71)51-45-39-33-31-35-41-47-59(5)6)55-77-64(69)49-43-37-32-30-34-40-46-58(3)4/h58-62,67H,7-57H2,1-6H3,(H,72,73)(H,74,75)/t60-,61-,62-/m1/s1. The number of unbranched alkanes of at least 4 members (excludes halogenated alkanes) is 35. The van der Waals surface area contributed by atoms with Crippen molar-refractivity contribution in [3.05, 3.63) is 0 Å². The molecular formula is C66H128O17P2. The molecule has 0 aromatic rings. The second-order valence-electron chi connectivity index (χ2n) is 24.8. The van der Waals surface area contributed by atoms with E-state index in [4.69, 9.17) is 37.0 Å². The highest BCUT2D eigenvalue weighted by Crippen LogP contribution is 2.45. The van der Waals surface area contributed by atoms with Crippen LogP contribution in [0.1, 0.15) is 330 Å². The number of hydrogen-bond donors (Lipinski definition) is 3. The summed E-state index contributed by atoms with van der Waals surface area (Å²) in [6.45, 7) is 9.33. The van der Waals surface area contributed by atoms with Gasteiger partial charge in [0.1, 0.15) is 19.3 Å².